The van der Waals surface area contributed by atoms with Crippen LogP contribution < -0.4 is 11.1 Å². The number of rotatable bonds is 14. The fourth-order valence-electron chi connectivity index (χ4n) is 8.41. The molecule has 4 aromatic rings. The van der Waals surface area contributed by atoms with Gasteiger partial charge in [0, 0.05) is 40.7 Å². The normalized spacial score (nSPS) is 14.7. The minimum Gasteiger partial charge on any atom is -0.463 e. The third kappa shape index (κ3) is 12.2. The number of nitrogen functional groups attached to an aromatic ring is 1. The van der Waals surface area contributed by atoms with Gasteiger partial charge in [-0.15, -0.1) is 20.4 Å². The molecule has 0 aliphatic heterocycles. The summed E-state index contributed by atoms with van der Waals surface area (Å²) in [5.41, 5.74) is 20.2. The number of methoxy groups -OCH3 is 2. The van der Waals surface area contributed by atoms with Gasteiger partial charge in [0.25, 0.3) is 0 Å². The third-order valence-corrected chi connectivity index (χ3v) is 15.9. The number of benzene rings is 2. The van der Waals surface area contributed by atoms with E-state index in [1.54, 1.807) is 4.57 Å². The molecular formula is C45H69BrN8O6Si2. The van der Waals surface area contributed by atoms with Crippen molar-refractivity contribution < 1.29 is 28.5 Å². The molecule has 2 aromatic carbocycles. The highest BCUT2D eigenvalue weighted by Gasteiger charge is 2.27. The van der Waals surface area contributed by atoms with Gasteiger partial charge in [-0.3, -0.25) is 9.13 Å². The van der Waals surface area contributed by atoms with Crippen molar-refractivity contribution in [1.82, 2.24) is 29.5 Å². The van der Waals surface area contributed by atoms with E-state index >= 15 is 0 Å². The van der Waals surface area contributed by atoms with Crippen LogP contribution in [0, 0.1) is 0 Å². The molecule has 2 aromatic heterocycles. The standard InChI is InChI=1S/C22H32N4O3Si.C12H15N.C10H18BrN3O3Si.CH4/c1-28-21(27)20-24-25-22(26(20)14-29-11-12-30(2,3)4)23-19-17-9-5-7-15(17)13-16-8-6-10-18(16)19;13-12-10-5-1-3-8(10)7-9-4-2-6-11(9)12;1-16-9(15)8-12-13-10(11)14(8)7-17-5-6-18(2,3)4;/h13H,5-12,14H2,1-4H3,(H,23,25);7H,1-6,13H2;5-7H2,1-4H3;1H4. The molecule has 0 atom stereocenters. The summed E-state index contributed by atoms with van der Waals surface area (Å²) in [6.45, 7) is 15.6. The Labute approximate surface area is 378 Å². The van der Waals surface area contributed by atoms with Gasteiger partial charge in [0.1, 0.15) is 13.5 Å². The zero-order chi connectivity index (χ0) is 43.9. The number of hydrogen-bond donors (Lipinski definition) is 2. The van der Waals surface area contributed by atoms with E-state index in [1.807, 2.05) is 0 Å². The maximum Gasteiger partial charge on any atom is 0.376 e. The molecule has 4 aliphatic rings. The lowest BCUT2D eigenvalue weighted by Gasteiger charge is -2.18. The fourth-order valence-corrected chi connectivity index (χ4v) is 10.3. The number of hydrogen-bond acceptors (Lipinski definition) is 12. The molecule has 340 valence electrons. The summed E-state index contributed by atoms with van der Waals surface area (Å²) >= 11 is 3.22. The molecule has 8 rings (SSSR count). The average molecular weight is 954 g/mol. The number of carbonyl (C=O) groups is 2. The van der Waals surface area contributed by atoms with E-state index in [2.05, 4.69) is 97.8 Å². The van der Waals surface area contributed by atoms with Gasteiger partial charge in [0.2, 0.25) is 22.3 Å². The number of nitrogens with one attached hydrogen (secondary N) is 1. The van der Waals surface area contributed by atoms with E-state index in [9.17, 15) is 9.59 Å². The van der Waals surface area contributed by atoms with Crippen LogP contribution in [0.4, 0.5) is 17.3 Å². The Balaban J connectivity index is 0.000000192. The number of anilines is 3. The van der Waals surface area contributed by atoms with Crippen molar-refractivity contribution in [3.63, 3.8) is 0 Å². The lowest BCUT2D eigenvalue weighted by atomic mass is 9.99. The molecule has 62 heavy (non-hydrogen) atoms. The summed E-state index contributed by atoms with van der Waals surface area (Å²) in [6.07, 6.45) is 14.4. The molecule has 0 unspecified atom stereocenters. The minimum atomic E-state index is -1.19. The molecule has 0 spiro atoms. The van der Waals surface area contributed by atoms with Crippen molar-refractivity contribution >= 4 is 61.3 Å². The second-order valence-corrected chi connectivity index (χ2v) is 30.8. The zero-order valence-electron chi connectivity index (χ0n) is 37.5. The van der Waals surface area contributed by atoms with Gasteiger partial charge >= 0.3 is 11.9 Å². The van der Waals surface area contributed by atoms with Gasteiger partial charge < -0.3 is 30.0 Å². The van der Waals surface area contributed by atoms with E-state index in [-0.39, 0.29) is 32.5 Å². The van der Waals surface area contributed by atoms with Crippen LogP contribution in [0.15, 0.2) is 16.9 Å². The Morgan fingerprint density at radius 3 is 1.50 bits per heavy atom. The summed E-state index contributed by atoms with van der Waals surface area (Å²) in [5.74, 6) is -0.192. The first-order valence-electron chi connectivity index (χ1n) is 21.8. The molecular weight excluding hydrogens is 885 g/mol. The highest BCUT2D eigenvalue weighted by Crippen LogP contribution is 2.40. The number of aromatic nitrogens is 6. The summed E-state index contributed by atoms with van der Waals surface area (Å²) in [7, 11) is 0.369. The van der Waals surface area contributed by atoms with Crippen LogP contribution in [-0.2, 0) is 83.8 Å². The first kappa shape index (κ1) is 49.1. The number of aryl methyl sites for hydroxylation is 4. The quantitative estimate of drug-likeness (QED) is 0.0533. The molecule has 0 radical (unpaired) electrons. The largest absolute Gasteiger partial charge is 0.463 e. The van der Waals surface area contributed by atoms with Gasteiger partial charge in [-0.05, 0) is 150 Å². The number of halogens is 1. The monoisotopic (exact) mass is 952 g/mol. The summed E-state index contributed by atoms with van der Waals surface area (Å²) < 4.78 is 24.7. The molecule has 0 fully saturated rings. The Kier molecular flexibility index (Phi) is 17.1. The molecule has 0 saturated carbocycles. The predicted octanol–water partition coefficient (Wildman–Crippen LogP) is 9.12. The Morgan fingerprint density at radius 1 is 0.645 bits per heavy atom. The van der Waals surface area contributed by atoms with E-state index in [0.29, 0.717) is 23.9 Å². The van der Waals surface area contributed by atoms with Gasteiger partial charge in [0.15, 0.2) is 0 Å². The van der Waals surface area contributed by atoms with Crippen LogP contribution in [-0.4, -0.2) is 85.0 Å². The minimum absolute atomic E-state index is 0. The Bertz CT molecular complexity index is 2130. The number of carbonyl (C=O) groups excluding carboxylic acids is 2. The second-order valence-electron chi connectivity index (χ2n) is 18.8. The maximum absolute atomic E-state index is 12.2. The van der Waals surface area contributed by atoms with Gasteiger partial charge in [-0.25, -0.2) is 9.59 Å². The lowest BCUT2D eigenvalue weighted by molar-refractivity contribution is 0.0524. The van der Waals surface area contributed by atoms with Crippen LogP contribution in [0.25, 0.3) is 0 Å². The van der Waals surface area contributed by atoms with E-state index < -0.39 is 28.1 Å². The first-order valence-corrected chi connectivity index (χ1v) is 30.0. The molecule has 0 amide bonds. The van der Waals surface area contributed by atoms with Crippen molar-refractivity contribution in [3.05, 3.63) is 73.0 Å². The van der Waals surface area contributed by atoms with Gasteiger partial charge in [-0.1, -0.05) is 58.8 Å². The number of nitrogens with zero attached hydrogens (tertiary/aromatic N) is 6. The zero-order valence-corrected chi connectivity index (χ0v) is 41.1. The maximum atomic E-state index is 12.2. The molecule has 0 saturated heterocycles. The van der Waals surface area contributed by atoms with Crippen molar-refractivity contribution in [2.45, 2.75) is 149 Å². The summed E-state index contributed by atoms with van der Waals surface area (Å²) in [4.78, 5) is 23.7. The molecule has 0 bridgehead atoms. The van der Waals surface area contributed by atoms with Crippen molar-refractivity contribution in [2.24, 2.45) is 0 Å². The van der Waals surface area contributed by atoms with Crippen molar-refractivity contribution in [2.75, 3.05) is 38.5 Å². The highest BCUT2D eigenvalue weighted by atomic mass is 79.9. The van der Waals surface area contributed by atoms with Crippen LogP contribution in [0.3, 0.4) is 0 Å². The highest BCUT2D eigenvalue weighted by molar-refractivity contribution is 9.10. The number of esters is 2. The van der Waals surface area contributed by atoms with Gasteiger partial charge in [0.05, 0.1) is 14.2 Å². The van der Waals surface area contributed by atoms with E-state index in [1.165, 1.54) is 120 Å². The van der Waals surface area contributed by atoms with Crippen LogP contribution >= 0.6 is 15.9 Å². The van der Waals surface area contributed by atoms with Crippen LogP contribution in [0.2, 0.25) is 51.4 Å². The van der Waals surface area contributed by atoms with Crippen LogP contribution in [0.5, 0.6) is 0 Å². The summed E-state index contributed by atoms with van der Waals surface area (Å²) in [6, 6.07) is 6.95. The van der Waals surface area contributed by atoms with Crippen molar-refractivity contribution in [1.29, 1.82) is 0 Å². The average Bonchev–Trinajstić information content (AvgIpc) is 4.08. The lowest BCUT2D eigenvalue weighted by Crippen LogP contribution is -2.22. The SMILES string of the molecule is C.COC(=O)c1nnc(Br)n1COCC[Si](C)(C)C.COC(=O)c1nnc(Nc2c3c(cc4c2CCC4)CCC3)n1COCC[Si](C)(C)C.Nc1c2c(cc3c1CCC3)CCC2. The molecule has 2 heterocycles. The number of ether oxygens (including phenoxy) is 4. The fraction of sp³-hybridized carbons (Fsp3) is 0.600. The molecule has 3 N–H and O–H groups in total. The number of nitrogens with two attached hydrogens (primary N) is 1. The second kappa shape index (κ2) is 21.6. The van der Waals surface area contributed by atoms with E-state index in [0.717, 1.165) is 43.5 Å². The number of fused-ring (bicyclic) bond motifs is 4. The molecule has 14 nitrogen and oxygen atoms in total. The third-order valence-electron chi connectivity index (χ3n) is 11.9. The Hall–Kier alpha value is -3.91. The Morgan fingerprint density at radius 2 is 1.05 bits per heavy atom. The smallest absolute Gasteiger partial charge is 0.376 e. The van der Waals surface area contributed by atoms with Crippen molar-refractivity contribution in [3.8, 4) is 0 Å². The van der Waals surface area contributed by atoms with Crippen LogP contribution in [0.1, 0.15) is 98.9 Å². The topological polar surface area (TPSA) is 171 Å². The summed E-state index contributed by atoms with van der Waals surface area (Å²) in [5, 5.41) is 19.4. The van der Waals surface area contributed by atoms with Gasteiger partial charge in [-0.2, -0.15) is 0 Å². The molecule has 4 aliphatic carbocycles. The van der Waals surface area contributed by atoms with E-state index in [4.69, 9.17) is 19.9 Å². The predicted molar refractivity (Wildman–Crippen MR) is 254 cm³/mol. The first-order chi connectivity index (χ1) is 29.1. The molecule has 17 heteroatoms.